The van der Waals surface area contributed by atoms with Crippen LogP contribution >= 0.6 is 11.6 Å². The average molecular weight is 439 g/mol. The fourth-order valence-electron chi connectivity index (χ4n) is 3.29. The van der Waals surface area contributed by atoms with Crippen LogP contribution < -0.4 is 5.32 Å². The first-order valence-corrected chi connectivity index (χ1v) is 10.7. The van der Waals surface area contributed by atoms with Gasteiger partial charge in [-0.25, -0.2) is 19.3 Å². The molecule has 0 spiro atoms. The number of rotatable bonds is 4. The number of nitrogens with one attached hydrogen (secondary N) is 1. The molecule has 3 heterocycles. The van der Waals surface area contributed by atoms with Crippen LogP contribution in [0.15, 0.2) is 6.20 Å². The van der Waals surface area contributed by atoms with Gasteiger partial charge in [0.2, 0.25) is 5.95 Å². The lowest BCUT2D eigenvalue weighted by Gasteiger charge is -2.36. The fourth-order valence-corrected chi connectivity index (χ4v) is 3.50. The highest BCUT2D eigenvalue weighted by molar-refractivity contribution is 6.32. The summed E-state index contributed by atoms with van der Waals surface area (Å²) in [4.78, 5) is 22.6. The summed E-state index contributed by atoms with van der Waals surface area (Å²) < 4.78 is 7.11. The van der Waals surface area contributed by atoms with E-state index in [-0.39, 0.29) is 18.5 Å². The Hall–Kier alpha value is -2.13. The number of aromatic nitrogens is 4. The number of fused-ring (bicyclic) bond motifs is 1. The van der Waals surface area contributed by atoms with Crippen molar-refractivity contribution >= 4 is 29.2 Å². The molecule has 1 unspecified atom stereocenters. The second kappa shape index (κ2) is 8.55. The Labute approximate surface area is 181 Å². The summed E-state index contributed by atoms with van der Waals surface area (Å²) in [6.07, 6.45) is 0.981. The lowest BCUT2D eigenvalue weighted by molar-refractivity contribution is 0.00112. The molecule has 0 aliphatic carbocycles. The third-order valence-electron chi connectivity index (χ3n) is 5.33. The first kappa shape index (κ1) is 22.6. The molecule has 1 aliphatic heterocycles. The van der Waals surface area contributed by atoms with Crippen LogP contribution in [-0.4, -0.2) is 66.5 Å². The van der Waals surface area contributed by atoms with Crippen molar-refractivity contribution in [1.82, 2.24) is 24.5 Å². The maximum Gasteiger partial charge on any atom is 0.410 e. The van der Waals surface area contributed by atoms with Gasteiger partial charge in [0.25, 0.3) is 0 Å². The molecule has 2 N–H and O–H groups in total. The number of hydrogen-bond acceptors (Lipinski definition) is 7. The maximum atomic E-state index is 12.3. The lowest BCUT2D eigenvalue weighted by Crippen LogP contribution is -2.52. The molecule has 1 fully saturated rings. The van der Waals surface area contributed by atoms with Crippen molar-refractivity contribution in [2.75, 3.05) is 18.4 Å². The smallest absolute Gasteiger partial charge is 0.410 e. The van der Waals surface area contributed by atoms with E-state index in [4.69, 9.17) is 16.3 Å². The molecule has 1 amide bonds. The van der Waals surface area contributed by atoms with Gasteiger partial charge < -0.3 is 20.1 Å². The van der Waals surface area contributed by atoms with Gasteiger partial charge in [-0.2, -0.15) is 0 Å². The van der Waals surface area contributed by atoms with Crippen molar-refractivity contribution in [2.45, 2.75) is 71.6 Å². The molecule has 166 valence electrons. The molecule has 2 aromatic heterocycles. The van der Waals surface area contributed by atoms with Crippen molar-refractivity contribution < 1.29 is 14.6 Å². The predicted octanol–water partition coefficient (Wildman–Crippen LogP) is 3.32. The molecule has 30 heavy (non-hydrogen) atoms. The van der Waals surface area contributed by atoms with Crippen molar-refractivity contribution in [3.63, 3.8) is 0 Å². The number of imidazole rings is 1. The quantitative estimate of drug-likeness (QED) is 0.754. The zero-order valence-corrected chi connectivity index (χ0v) is 19.1. The van der Waals surface area contributed by atoms with Crippen LogP contribution in [0.4, 0.5) is 10.7 Å². The molecule has 1 aliphatic rings. The molecule has 9 nitrogen and oxygen atoms in total. The van der Waals surface area contributed by atoms with Crippen molar-refractivity contribution in [2.24, 2.45) is 5.92 Å². The Kier molecular flexibility index (Phi) is 6.43. The van der Waals surface area contributed by atoms with Crippen LogP contribution in [0.25, 0.3) is 5.52 Å². The molecule has 0 aromatic carbocycles. The number of likely N-dealkylation sites (tertiary alicyclic amines) is 1. The van der Waals surface area contributed by atoms with Crippen LogP contribution in [-0.2, 0) is 4.74 Å². The number of halogens is 1. The van der Waals surface area contributed by atoms with Crippen LogP contribution in [0.3, 0.4) is 0 Å². The van der Waals surface area contributed by atoms with Gasteiger partial charge in [0, 0.05) is 12.5 Å². The van der Waals surface area contributed by atoms with Gasteiger partial charge in [0.15, 0.2) is 5.15 Å². The predicted molar refractivity (Wildman–Crippen MR) is 115 cm³/mol. The van der Waals surface area contributed by atoms with Gasteiger partial charge in [0.05, 0.1) is 24.9 Å². The SMILES string of the molecule is CC(C)C(C)c1nc(Cl)c2cnc(N[C@@H]3CCN(C(=O)OC(C)(C)C)C[C@H]3O)nn12. The molecule has 0 saturated carbocycles. The third-order valence-corrected chi connectivity index (χ3v) is 5.61. The number of hydrogen-bond donors (Lipinski definition) is 2. The summed E-state index contributed by atoms with van der Waals surface area (Å²) >= 11 is 6.26. The number of piperidine rings is 1. The average Bonchev–Trinajstić information content (AvgIpc) is 2.97. The number of β-amino-alcohol motifs (C(OH)–C–C–N with tert-alkyl or cyclic N) is 1. The van der Waals surface area contributed by atoms with Crippen LogP contribution in [0.5, 0.6) is 0 Å². The molecule has 10 heteroatoms. The number of aliphatic hydroxyl groups is 1. The monoisotopic (exact) mass is 438 g/mol. The minimum atomic E-state index is -0.772. The van der Waals surface area contributed by atoms with Gasteiger partial charge in [-0.05, 0) is 33.1 Å². The Morgan fingerprint density at radius 1 is 1.37 bits per heavy atom. The molecular formula is C20H31ClN6O3. The van der Waals surface area contributed by atoms with Crippen LogP contribution in [0.1, 0.15) is 59.7 Å². The number of anilines is 1. The minimum Gasteiger partial charge on any atom is -0.444 e. The lowest BCUT2D eigenvalue weighted by atomic mass is 9.98. The first-order valence-electron chi connectivity index (χ1n) is 10.3. The van der Waals surface area contributed by atoms with E-state index in [9.17, 15) is 9.90 Å². The molecule has 0 bridgehead atoms. The highest BCUT2D eigenvalue weighted by Crippen LogP contribution is 2.27. The van der Waals surface area contributed by atoms with Crippen LogP contribution in [0.2, 0.25) is 5.15 Å². The van der Waals surface area contributed by atoms with E-state index in [1.807, 2.05) is 20.8 Å². The normalized spacial score (nSPS) is 21.2. The summed E-state index contributed by atoms with van der Waals surface area (Å²) in [6.45, 7) is 12.4. The van der Waals surface area contributed by atoms with Crippen molar-refractivity contribution in [1.29, 1.82) is 0 Å². The van der Waals surface area contributed by atoms with E-state index in [1.165, 1.54) is 4.90 Å². The Morgan fingerprint density at radius 3 is 2.67 bits per heavy atom. The largest absolute Gasteiger partial charge is 0.444 e. The molecule has 1 saturated heterocycles. The standard InChI is InChI=1S/C20H31ClN6O3/c1-11(2)12(3)17-24-16(21)14-9-22-18(25-27(14)17)23-13-7-8-26(10-15(13)28)19(29)30-20(4,5)6/h9,11-13,15,28H,7-8,10H2,1-6H3,(H,23,25)/t12?,13-,15-/m1/s1. The molecule has 3 atom stereocenters. The zero-order valence-electron chi connectivity index (χ0n) is 18.4. The van der Waals surface area contributed by atoms with Gasteiger partial charge in [-0.15, -0.1) is 5.10 Å². The van der Waals surface area contributed by atoms with Gasteiger partial charge in [-0.1, -0.05) is 32.4 Å². The first-order chi connectivity index (χ1) is 14.0. The molecule has 2 aromatic rings. The van der Waals surface area contributed by atoms with E-state index in [0.29, 0.717) is 35.5 Å². The summed E-state index contributed by atoms with van der Waals surface area (Å²) in [6, 6.07) is -0.286. The molecule has 0 radical (unpaired) electrons. The number of carbonyl (C=O) groups excluding carboxylic acids is 1. The van der Waals surface area contributed by atoms with Crippen LogP contribution in [0, 0.1) is 5.92 Å². The Balaban J connectivity index is 1.72. The second-order valence-electron chi connectivity index (χ2n) is 9.21. The molecule has 3 rings (SSSR count). The second-order valence-corrected chi connectivity index (χ2v) is 9.56. The topological polar surface area (TPSA) is 105 Å². The maximum absolute atomic E-state index is 12.3. The molecular weight excluding hydrogens is 408 g/mol. The van der Waals surface area contributed by atoms with Crippen molar-refractivity contribution in [3.05, 3.63) is 17.2 Å². The number of carbonyl (C=O) groups is 1. The van der Waals surface area contributed by atoms with Gasteiger partial charge >= 0.3 is 6.09 Å². The van der Waals surface area contributed by atoms with Crippen molar-refractivity contribution in [3.8, 4) is 0 Å². The number of nitrogens with zero attached hydrogens (tertiary/aromatic N) is 5. The Morgan fingerprint density at radius 2 is 2.07 bits per heavy atom. The number of aliphatic hydroxyl groups excluding tert-OH is 1. The van der Waals surface area contributed by atoms with Gasteiger partial charge in [-0.3, -0.25) is 0 Å². The fraction of sp³-hybridized carbons (Fsp3) is 0.700. The summed E-state index contributed by atoms with van der Waals surface area (Å²) in [5, 5.41) is 18.7. The highest BCUT2D eigenvalue weighted by Gasteiger charge is 2.33. The Bertz CT molecular complexity index is 910. The third kappa shape index (κ3) is 4.95. The van der Waals surface area contributed by atoms with E-state index < -0.39 is 17.8 Å². The summed E-state index contributed by atoms with van der Waals surface area (Å²) in [5.74, 6) is 1.69. The minimum absolute atomic E-state index is 0.162. The zero-order chi connectivity index (χ0) is 22.2. The summed E-state index contributed by atoms with van der Waals surface area (Å²) in [5.41, 5.74) is 0.0714. The van der Waals surface area contributed by atoms with E-state index in [2.05, 4.69) is 41.2 Å². The van der Waals surface area contributed by atoms with E-state index in [0.717, 1.165) is 5.82 Å². The number of amides is 1. The summed E-state index contributed by atoms with van der Waals surface area (Å²) in [7, 11) is 0. The highest BCUT2D eigenvalue weighted by atomic mass is 35.5. The van der Waals surface area contributed by atoms with E-state index >= 15 is 0 Å². The van der Waals surface area contributed by atoms with E-state index in [1.54, 1.807) is 10.7 Å². The van der Waals surface area contributed by atoms with Gasteiger partial charge in [0.1, 0.15) is 16.9 Å². The number of ether oxygens (including phenoxy) is 1.